The van der Waals surface area contributed by atoms with Crippen LogP contribution in [0.25, 0.3) is 0 Å². The highest BCUT2D eigenvalue weighted by Crippen LogP contribution is 2.08. The minimum absolute atomic E-state index is 0.00373. The van der Waals surface area contributed by atoms with Crippen molar-refractivity contribution in [1.82, 2.24) is 4.90 Å². The quantitative estimate of drug-likeness (QED) is 0.791. The third-order valence-electron chi connectivity index (χ3n) is 2.59. The summed E-state index contributed by atoms with van der Waals surface area (Å²) in [6.45, 7) is 5.47. The van der Waals surface area contributed by atoms with Gasteiger partial charge in [0, 0.05) is 11.7 Å². The van der Waals surface area contributed by atoms with Gasteiger partial charge in [0.05, 0.1) is 0 Å². The van der Waals surface area contributed by atoms with Crippen LogP contribution in [-0.2, 0) is 9.59 Å². The Bertz CT molecular complexity index is 376. The van der Waals surface area contributed by atoms with Crippen LogP contribution in [0, 0.1) is 0 Å². The third kappa shape index (κ3) is 3.59. The number of nitrogens with one attached hydrogen (secondary N) is 1. The predicted octanol–water partition coefficient (Wildman–Crippen LogP) is 1.88. The first-order valence-corrected chi connectivity index (χ1v) is 5.65. The Kier molecular flexibility index (Phi) is 4.69. The van der Waals surface area contributed by atoms with Gasteiger partial charge in [0.2, 0.25) is 12.3 Å². The Hall–Kier alpha value is -1.84. The number of hydrogen-bond acceptors (Lipinski definition) is 2. The average Bonchev–Trinajstić information content (AvgIpc) is 2.30. The molecule has 0 heterocycles. The molecule has 1 aromatic rings. The molecule has 0 saturated heterocycles. The topological polar surface area (TPSA) is 49.4 Å². The van der Waals surface area contributed by atoms with E-state index in [0.29, 0.717) is 6.41 Å². The third-order valence-corrected chi connectivity index (χ3v) is 2.59. The van der Waals surface area contributed by atoms with Gasteiger partial charge in [0.1, 0.15) is 6.04 Å². The molecule has 1 atom stereocenters. The van der Waals surface area contributed by atoms with E-state index in [1.807, 2.05) is 44.2 Å². The molecule has 92 valence electrons. The molecule has 1 aromatic carbocycles. The molecule has 0 saturated carbocycles. The maximum absolute atomic E-state index is 11.9. The van der Waals surface area contributed by atoms with E-state index in [4.69, 9.17) is 0 Å². The predicted molar refractivity (Wildman–Crippen MR) is 67.6 cm³/mol. The second kappa shape index (κ2) is 6.03. The summed E-state index contributed by atoms with van der Waals surface area (Å²) in [5.74, 6) is -0.183. The minimum atomic E-state index is -0.479. The van der Waals surface area contributed by atoms with Crippen molar-refractivity contribution in [2.24, 2.45) is 0 Å². The number of anilines is 1. The highest BCUT2D eigenvalue weighted by atomic mass is 16.2. The number of nitrogens with zero attached hydrogens (tertiary/aromatic N) is 1. The number of amides is 2. The molecule has 1 N–H and O–H groups in total. The van der Waals surface area contributed by atoms with Crippen LogP contribution >= 0.6 is 0 Å². The van der Waals surface area contributed by atoms with Crippen LogP contribution < -0.4 is 5.32 Å². The average molecular weight is 234 g/mol. The molecular weight excluding hydrogens is 216 g/mol. The van der Waals surface area contributed by atoms with Crippen LogP contribution in [0.15, 0.2) is 30.3 Å². The van der Waals surface area contributed by atoms with Crippen LogP contribution in [0.5, 0.6) is 0 Å². The fraction of sp³-hybridized carbons (Fsp3) is 0.385. The first-order valence-electron chi connectivity index (χ1n) is 5.65. The summed E-state index contributed by atoms with van der Waals surface area (Å²) in [5.41, 5.74) is 0.735. The standard InChI is InChI=1S/C13H18N2O2/c1-10(2)15(9-16)11(3)13(17)14-12-7-5-4-6-8-12/h4-11H,1-3H3,(H,14,17). The van der Waals surface area contributed by atoms with Crippen molar-refractivity contribution < 1.29 is 9.59 Å². The van der Waals surface area contributed by atoms with E-state index in [1.54, 1.807) is 6.92 Å². The van der Waals surface area contributed by atoms with Crippen molar-refractivity contribution in [3.05, 3.63) is 30.3 Å². The Balaban J connectivity index is 2.67. The highest BCUT2D eigenvalue weighted by molar-refractivity contribution is 5.95. The lowest BCUT2D eigenvalue weighted by Gasteiger charge is -2.27. The van der Waals surface area contributed by atoms with Gasteiger partial charge in [0.25, 0.3) is 0 Å². The molecule has 4 heteroatoms. The van der Waals surface area contributed by atoms with E-state index in [-0.39, 0.29) is 11.9 Å². The number of hydrogen-bond donors (Lipinski definition) is 1. The molecule has 0 aliphatic carbocycles. The smallest absolute Gasteiger partial charge is 0.246 e. The lowest BCUT2D eigenvalue weighted by Crippen LogP contribution is -2.44. The largest absolute Gasteiger partial charge is 0.331 e. The molecule has 1 rings (SSSR count). The Morgan fingerprint density at radius 3 is 2.29 bits per heavy atom. The Morgan fingerprint density at radius 2 is 1.82 bits per heavy atom. The van der Waals surface area contributed by atoms with Gasteiger partial charge >= 0.3 is 0 Å². The SMILES string of the molecule is CC(C)N(C=O)C(C)C(=O)Nc1ccccc1. The van der Waals surface area contributed by atoms with Crippen molar-refractivity contribution in [3.63, 3.8) is 0 Å². The molecule has 4 nitrogen and oxygen atoms in total. The van der Waals surface area contributed by atoms with E-state index in [0.717, 1.165) is 5.69 Å². The molecular formula is C13H18N2O2. The zero-order valence-electron chi connectivity index (χ0n) is 10.4. The summed E-state index contributed by atoms with van der Waals surface area (Å²) >= 11 is 0. The minimum Gasteiger partial charge on any atom is -0.331 e. The molecule has 0 fully saturated rings. The van der Waals surface area contributed by atoms with E-state index in [9.17, 15) is 9.59 Å². The molecule has 1 unspecified atom stereocenters. The maximum Gasteiger partial charge on any atom is 0.246 e. The zero-order valence-corrected chi connectivity index (χ0v) is 10.4. The van der Waals surface area contributed by atoms with Gasteiger partial charge in [-0.3, -0.25) is 9.59 Å². The van der Waals surface area contributed by atoms with Gasteiger partial charge in [0.15, 0.2) is 0 Å². The van der Waals surface area contributed by atoms with E-state index in [2.05, 4.69) is 5.32 Å². The number of para-hydroxylation sites is 1. The number of carbonyl (C=O) groups is 2. The van der Waals surface area contributed by atoms with Crippen LogP contribution in [0.1, 0.15) is 20.8 Å². The van der Waals surface area contributed by atoms with Crippen molar-refractivity contribution in [1.29, 1.82) is 0 Å². The molecule has 0 radical (unpaired) electrons. The van der Waals surface area contributed by atoms with E-state index < -0.39 is 6.04 Å². The zero-order chi connectivity index (χ0) is 12.8. The summed E-state index contributed by atoms with van der Waals surface area (Å²) < 4.78 is 0. The van der Waals surface area contributed by atoms with Gasteiger partial charge < -0.3 is 10.2 Å². The molecule has 0 bridgehead atoms. The summed E-state index contributed by atoms with van der Waals surface area (Å²) in [6.07, 6.45) is 0.708. The molecule has 0 spiro atoms. The fourth-order valence-corrected chi connectivity index (χ4v) is 1.56. The molecule has 0 aromatic heterocycles. The maximum atomic E-state index is 11.9. The van der Waals surface area contributed by atoms with Crippen molar-refractivity contribution in [3.8, 4) is 0 Å². The van der Waals surface area contributed by atoms with Gasteiger partial charge in [-0.05, 0) is 32.9 Å². The molecule has 0 aliphatic rings. The van der Waals surface area contributed by atoms with Crippen molar-refractivity contribution in [2.45, 2.75) is 32.9 Å². The van der Waals surface area contributed by atoms with Crippen molar-refractivity contribution in [2.75, 3.05) is 5.32 Å². The second-order valence-corrected chi connectivity index (χ2v) is 4.18. The molecule has 17 heavy (non-hydrogen) atoms. The highest BCUT2D eigenvalue weighted by Gasteiger charge is 2.21. The summed E-state index contributed by atoms with van der Waals surface area (Å²) in [4.78, 5) is 24.3. The Morgan fingerprint density at radius 1 is 1.24 bits per heavy atom. The van der Waals surface area contributed by atoms with Crippen LogP contribution in [0.2, 0.25) is 0 Å². The lowest BCUT2D eigenvalue weighted by molar-refractivity contribution is -0.130. The van der Waals surface area contributed by atoms with Gasteiger partial charge in [-0.2, -0.15) is 0 Å². The number of rotatable bonds is 5. The second-order valence-electron chi connectivity index (χ2n) is 4.18. The Labute approximate surface area is 102 Å². The number of carbonyl (C=O) groups excluding carboxylic acids is 2. The fourth-order valence-electron chi connectivity index (χ4n) is 1.56. The first kappa shape index (κ1) is 13.2. The molecule has 2 amide bonds. The van der Waals surface area contributed by atoms with Gasteiger partial charge in [-0.1, -0.05) is 18.2 Å². The van der Waals surface area contributed by atoms with Crippen LogP contribution in [0.3, 0.4) is 0 Å². The monoisotopic (exact) mass is 234 g/mol. The molecule has 0 aliphatic heterocycles. The van der Waals surface area contributed by atoms with Gasteiger partial charge in [-0.15, -0.1) is 0 Å². The van der Waals surface area contributed by atoms with Crippen LogP contribution in [-0.4, -0.2) is 29.3 Å². The normalized spacial score (nSPS) is 12.0. The summed E-state index contributed by atoms with van der Waals surface area (Å²) in [7, 11) is 0. The van der Waals surface area contributed by atoms with E-state index in [1.165, 1.54) is 4.90 Å². The summed E-state index contributed by atoms with van der Waals surface area (Å²) in [5, 5.41) is 2.77. The van der Waals surface area contributed by atoms with E-state index >= 15 is 0 Å². The number of benzene rings is 1. The lowest BCUT2D eigenvalue weighted by atomic mass is 10.2. The first-order chi connectivity index (χ1) is 8.06. The van der Waals surface area contributed by atoms with Crippen molar-refractivity contribution >= 4 is 18.0 Å². The summed E-state index contributed by atoms with van der Waals surface area (Å²) in [6, 6.07) is 8.72. The van der Waals surface area contributed by atoms with Crippen LogP contribution in [0.4, 0.5) is 5.69 Å². The van der Waals surface area contributed by atoms with Gasteiger partial charge in [-0.25, -0.2) is 0 Å².